The van der Waals surface area contributed by atoms with Crippen LogP contribution in [-0.4, -0.2) is 17.1 Å². The summed E-state index contributed by atoms with van der Waals surface area (Å²) in [5, 5.41) is 0. The van der Waals surface area contributed by atoms with E-state index in [2.05, 4.69) is 0 Å². The zero-order chi connectivity index (χ0) is 12.8. The summed E-state index contributed by atoms with van der Waals surface area (Å²) >= 11 is 0. The van der Waals surface area contributed by atoms with E-state index in [0.717, 1.165) is 0 Å². The molecule has 0 saturated carbocycles. The molecule has 0 bridgehead atoms. The Balaban J connectivity index is 4.04. The second-order valence-electron chi connectivity index (χ2n) is 4.92. The van der Waals surface area contributed by atoms with Crippen molar-refractivity contribution in [1.29, 1.82) is 0 Å². The minimum Gasteiger partial charge on any atom is -0.314 e. The van der Waals surface area contributed by atoms with Crippen LogP contribution < -0.4 is 0 Å². The first kappa shape index (κ1) is 16.2. The van der Waals surface area contributed by atoms with E-state index in [1.54, 1.807) is 6.92 Å². The van der Waals surface area contributed by atoms with Crippen molar-refractivity contribution in [2.45, 2.75) is 64.3 Å². The quantitative estimate of drug-likeness (QED) is 0.411. The van der Waals surface area contributed by atoms with Crippen LogP contribution in [0.2, 0.25) is 30.2 Å². The van der Waals surface area contributed by atoms with Crippen molar-refractivity contribution in [3.05, 3.63) is 0 Å². The molecule has 0 aromatic carbocycles. The summed E-state index contributed by atoms with van der Waals surface area (Å²) in [6.45, 7) is 7.26. The van der Waals surface area contributed by atoms with E-state index in [9.17, 15) is 12.3 Å². The summed E-state index contributed by atoms with van der Waals surface area (Å²) < 4.78 is 40.5. The van der Waals surface area contributed by atoms with E-state index < -0.39 is 17.1 Å². The van der Waals surface area contributed by atoms with Crippen LogP contribution in [0.25, 0.3) is 0 Å². The van der Waals surface area contributed by atoms with Gasteiger partial charge in [-0.25, -0.2) is 0 Å². The Morgan fingerprint density at radius 2 is 1.44 bits per heavy atom. The molecule has 0 heterocycles. The average molecular weight is 270 g/mol. The lowest BCUT2D eigenvalue weighted by atomic mass is 10.2. The highest BCUT2D eigenvalue weighted by Crippen LogP contribution is 2.31. The second-order valence-corrected chi connectivity index (χ2v) is 12.0. The van der Waals surface area contributed by atoms with Gasteiger partial charge in [-0.3, -0.25) is 8.22 Å². The van der Waals surface area contributed by atoms with Crippen molar-refractivity contribution >= 4 is 17.1 Å². The molecule has 0 fully saturated rings. The van der Waals surface area contributed by atoms with Crippen LogP contribution in [0.4, 0.5) is 12.3 Å². The van der Waals surface area contributed by atoms with Crippen LogP contribution in [0.5, 0.6) is 0 Å². The standard InChI is InChI=1S/C11H25F3Si2/c1-5-15(12,6-2)10-11(4)8-9-16(13,14)7-3/h11H,5-10H2,1-4H3. The number of hydrogen-bond donors (Lipinski definition) is 0. The van der Waals surface area contributed by atoms with Crippen molar-refractivity contribution in [3.63, 3.8) is 0 Å². The van der Waals surface area contributed by atoms with Gasteiger partial charge in [-0.05, 0) is 42.6 Å². The molecule has 16 heavy (non-hydrogen) atoms. The van der Waals surface area contributed by atoms with Gasteiger partial charge in [-0.2, -0.15) is 0 Å². The van der Waals surface area contributed by atoms with Crippen molar-refractivity contribution in [2.24, 2.45) is 5.92 Å². The second kappa shape index (κ2) is 6.84. The predicted octanol–water partition coefficient (Wildman–Crippen LogP) is 5.37. The van der Waals surface area contributed by atoms with Crippen molar-refractivity contribution in [3.8, 4) is 0 Å². The zero-order valence-electron chi connectivity index (χ0n) is 11.0. The molecular formula is C11H25F3Si2. The van der Waals surface area contributed by atoms with Gasteiger partial charge in [0.05, 0.1) is 0 Å². The molecular weight excluding hydrogens is 245 g/mol. The summed E-state index contributed by atoms with van der Waals surface area (Å²) in [6, 6.07) is 1.88. The molecule has 1 unspecified atom stereocenters. The molecule has 1 atom stereocenters. The molecule has 0 amide bonds. The third-order valence-corrected chi connectivity index (χ3v) is 9.52. The summed E-state index contributed by atoms with van der Waals surface area (Å²) in [5.74, 6) is 0.126. The lowest BCUT2D eigenvalue weighted by Gasteiger charge is -2.23. The minimum absolute atomic E-state index is 0.0273. The Hall–Kier alpha value is 0.224. The Bertz CT molecular complexity index is 194. The zero-order valence-corrected chi connectivity index (χ0v) is 13.0. The fourth-order valence-electron chi connectivity index (χ4n) is 1.90. The molecule has 0 aliphatic heterocycles. The summed E-state index contributed by atoms with van der Waals surface area (Å²) in [7, 11) is -6.54. The highest BCUT2D eigenvalue weighted by atomic mass is 28.4. The highest BCUT2D eigenvalue weighted by Gasteiger charge is 2.35. The summed E-state index contributed by atoms with van der Waals surface area (Å²) in [4.78, 5) is 0. The van der Waals surface area contributed by atoms with Gasteiger partial charge in [0.1, 0.15) is 0 Å². The fraction of sp³-hybridized carbons (Fsp3) is 1.00. The van der Waals surface area contributed by atoms with Gasteiger partial charge < -0.3 is 4.11 Å². The minimum atomic E-state index is -3.94. The van der Waals surface area contributed by atoms with E-state index in [1.165, 1.54) is 0 Å². The van der Waals surface area contributed by atoms with Crippen molar-refractivity contribution < 1.29 is 12.3 Å². The van der Waals surface area contributed by atoms with E-state index in [0.29, 0.717) is 24.6 Å². The molecule has 0 aliphatic rings. The summed E-state index contributed by atoms with van der Waals surface area (Å²) in [6.07, 6.45) is 0.506. The van der Waals surface area contributed by atoms with E-state index in [1.807, 2.05) is 20.8 Å². The fourth-order valence-corrected chi connectivity index (χ4v) is 5.70. The normalized spacial score (nSPS) is 15.2. The van der Waals surface area contributed by atoms with Gasteiger partial charge in [0.25, 0.3) is 0 Å². The van der Waals surface area contributed by atoms with Crippen molar-refractivity contribution in [1.82, 2.24) is 0 Å². The maximum Gasteiger partial charge on any atom is 0.424 e. The Morgan fingerprint density at radius 1 is 0.938 bits per heavy atom. The molecule has 0 N–H and O–H groups in total. The maximum absolute atomic E-state index is 14.2. The Morgan fingerprint density at radius 3 is 1.81 bits per heavy atom. The molecule has 98 valence electrons. The highest BCUT2D eigenvalue weighted by molar-refractivity contribution is 6.73. The smallest absolute Gasteiger partial charge is 0.314 e. The lowest BCUT2D eigenvalue weighted by molar-refractivity contribution is 0.528. The third-order valence-electron chi connectivity index (χ3n) is 3.50. The molecule has 0 saturated heterocycles. The monoisotopic (exact) mass is 270 g/mol. The van der Waals surface area contributed by atoms with Gasteiger partial charge in [0, 0.05) is 0 Å². The third kappa shape index (κ3) is 6.08. The molecule has 0 nitrogen and oxygen atoms in total. The lowest BCUT2D eigenvalue weighted by Crippen LogP contribution is -2.29. The molecule has 0 radical (unpaired) electrons. The largest absolute Gasteiger partial charge is 0.424 e. The molecule has 0 aromatic heterocycles. The SMILES string of the molecule is CC[Si](F)(F)CCC(C)C[Si](F)(CC)CC. The van der Waals surface area contributed by atoms with Crippen LogP contribution in [0.1, 0.15) is 34.1 Å². The Labute approximate surface area is 100 Å². The topological polar surface area (TPSA) is 0 Å². The Kier molecular flexibility index (Phi) is 6.93. The van der Waals surface area contributed by atoms with E-state index >= 15 is 0 Å². The predicted molar refractivity (Wildman–Crippen MR) is 69.7 cm³/mol. The van der Waals surface area contributed by atoms with Gasteiger partial charge in [0.15, 0.2) is 0 Å². The first-order valence-corrected chi connectivity index (χ1v) is 11.0. The number of hydrogen-bond acceptors (Lipinski definition) is 0. The molecule has 0 aromatic rings. The first-order chi connectivity index (χ1) is 7.28. The molecule has 0 spiro atoms. The van der Waals surface area contributed by atoms with Crippen LogP contribution in [0.15, 0.2) is 0 Å². The van der Waals surface area contributed by atoms with Gasteiger partial charge >= 0.3 is 8.74 Å². The van der Waals surface area contributed by atoms with Crippen LogP contribution >= 0.6 is 0 Å². The van der Waals surface area contributed by atoms with Crippen LogP contribution in [0, 0.1) is 5.92 Å². The first-order valence-electron chi connectivity index (χ1n) is 6.35. The van der Waals surface area contributed by atoms with Gasteiger partial charge in [0.2, 0.25) is 8.41 Å². The molecule has 5 heteroatoms. The van der Waals surface area contributed by atoms with Gasteiger partial charge in [-0.1, -0.05) is 27.7 Å². The van der Waals surface area contributed by atoms with E-state index in [-0.39, 0.29) is 18.0 Å². The maximum atomic E-state index is 14.2. The van der Waals surface area contributed by atoms with E-state index in [4.69, 9.17) is 0 Å². The summed E-state index contributed by atoms with van der Waals surface area (Å²) in [5.41, 5.74) is 0. The van der Waals surface area contributed by atoms with Gasteiger partial charge in [-0.15, -0.1) is 0 Å². The van der Waals surface area contributed by atoms with Crippen LogP contribution in [-0.2, 0) is 0 Å². The molecule has 0 aliphatic carbocycles. The van der Waals surface area contributed by atoms with Crippen LogP contribution in [0.3, 0.4) is 0 Å². The van der Waals surface area contributed by atoms with Crippen molar-refractivity contribution in [2.75, 3.05) is 0 Å². The molecule has 0 rings (SSSR count). The number of rotatable bonds is 8. The number of halogens is 3. The average Bonchev–Trinajstić information content (AvgIpc) is 2.26.